The Morgan fingerprint density at radius 2 is 2.33 bits per heavy atom. The van der Waals surface area contributed by atoms with E-state index in [0.29, 0.717) is 25.0 Å². The molecule has 1 aromatic rings. The molecule has 136 valence electrons. The minimum atomic E-state index is 0.484. The van der Waals surface area contributed by atoms with Crippen LogP contribution in [-0.4, -0.2) is 74.3 Å². The number of aromatic nitrogens is 2. The third-order valence-electron chi connectivity index (χ3n) is 4.25. The van der Waals surface area contributed by atoms with E-state index in [4.69, 9.17) is 9.47 Å². The molecule has 2 atom stereocenters. The van der Waals surface area contributed by atoms with Crippen molar-refractivity contribution in [3.8, 4) is 0 Å². The zero-order valence-corrected chi connectivity index (χ0v) is 15.1. The number of methoxy groups -OCH3 is 1. The third kappa shape index (κ3) is 6.13. The van der Waals surface area contributed by atoms with Gasteiger partial charge < -0.3 is 19.7 Å². The molecule has 2 unspecified atom stereocenters. The average Bonchev–Trinajstić information content (AvgIpc) is 3.24. The molecule has 7 heteroatoms. The van der Waals surface area contributed by atoms with Crippen molar-refractivity contribution in [2.45, 2.75) is 19.9 Å². The van der Waals surface area contributed by atoms with Gasteiger partial charge in [-0.1, -0.05) is 6.92 Å². The van der Waals surface area contributed by atoms with Gasteiger partial charge >= 0.3 is 0 Å². The Labute approximate surface area is 145 Å². The van der Waals surface area contributed by atoms with Crippen LogP contribution >= 0.6 is 0 Å². The minimum Gasteiger partial charge on any atom is -0.382 e. The summed E-state index contributed by atoms with van der Waals surface area (Å²) in [6.45, 7) is 8.18. The van der Waals surface area contributed by atoms with Crippen LogP contribution in [0.3, 0.4) is 0 Å². The van der Waals surface area contributed by atoms with Crippen molar-refractivity contribution in [1.82, 2.24) is 20.0 Å². The number of hydrogen-bond acceptors (Lipinski definition) is 4. The largest absolute Gasteiger partial charge is 0.382 e. The molecular weight excluding hydrogens is 306 g/mol. The highest BCUT2D eigenvalue weighted by atomic mass is 16.5. The fourth-order valence-electron chi connectivity index (χ4n) is 2.94. The lowest BCUT2D eigenvalue weighted by Gasteiger charge is -2.23. The van der Waals surface area contributed by atoms with Gasteiger partial charge in [-0.25, -0.2) is 0 Å². The predicted molar refractivity (Wildman–Crippen MR) is 95.1 cm³/mol. The normalized spacial score (nSPS) is 19.7. The highest BCUT2D eigenvalue weighted by Gasteiger charge is 2.25. The van der Waals surface area contributed by atoms with Crippen LogP contribution in [0.4, 0.5) is 0 Å². The number of nitrogens with zero attached hydrogens (tertiary/aromatic N) is 4. The maximum atomic E-state index is 5.65. The first kappa shape index (κ1) is 18.7. The summed E-state index contributed by atoms with van der Waals surface area (Å²) in [6.07, 6.45) is 4.97. The summed E-state index contributed by atoms with van der Waals surface area (Å²) in [5.41, 5.74) is 0. The second kappa shape index (κ2) is 10.3. The van der Waals surface area contributed by atoms with Gasteiger partial charge in [-0.2, -0.15) is 5.10 Å². The molecule has 1 saturated heterocycles. The third-order valence-corrected chi connectivity index (χ3v) is 4.25. The molecule has 1 fully saturated rings. The molecule has 0 amide bonds. The predicted octanol–water partition coefficient (Wildman–Crippen LogP) is 1.08. The first-order valence-corrected chi connectivity index (χ1v) is 8.72. The van der Waals surface area contributed by atoms with Crippen molar-refractivity contribution < 1.29 is 9.47 Å². The Bertz CT molecular complexity index is 477. The zero-order valence-electron chi connectivity index (χ0n) is 15.1. The summed E-state index contributed by atoms with van der Waals surface area (Å²) in [5, 5.41) is 7.75. The van der Waals surface area contributed by atoms with Gasteiger partial charge in [0.1, 0.15) is 0 Å². The van der Waals surface area contributed by atoms with Crippen LogP contribution in [0.25, 0.3) is 0 Å². The van der Waals surface area contributed by atoms with Crippen LogP contribution in [0.15, 0.2) is 23.5 Å². The first-order valence-electron chi connectivity index (χ1n) is 8.72. The Balaban J connectivity index is 1.68. The SMILES string of the molecule is CN=C(NCC(C)Cn1cccn1)N1CCC(COCCOC)C1. The molecule has 1 N–H and O–H groups in total. The van der Waals surface area contributed by atoms with Gasteiger partial charge in [0.05, 0.1) is 19.8 Å². The number of likely N-dealkylation sites (tertiary alicyclic amines) is 1. The van der Waals surface area contributed by atoms with E-state index in [1.165, 1.54) is 0 Å². The maximum absolute atomic E-state index is 5.65. The molecule has 1 aliphatic rings. The standard InChI is InChI=1S/C17H31N5O2/c1-15(12-22-7-4-6-20-22)11-19-17(18-2)21-8-5-16(13-21)14-24-10-9-23-3/h4,6-7,15-16H,5,8-14H2,1-3H3,(H,18,19). The van der Waals surface area contributed by atoms with Gasteiger partial charge in [0, 0.05) is 58.6 Å². The number of hydrogen-bond donors (Lipinski definition) is 1. The van der Waals surface area contributed by atoms with E-state index in [-0.39, 0.29) is 0 Å². The molecule has 0 aromatic carbocycles. The zero-order chi connectivity index (χ0) is 17.2. The molecule has 2 heterocycles. The maximum Gasteiger partial charge on any atom is 0.193 e. The molecule has 24 heavy (non-hydrogen) atoms. The molecule has 0 aliphatic carbocycles. The second-order valence-electron chi connectivity index (χ2n) is 6.43. The van der Waals surface area contributed by atoms with Crippen LogP contribution in [0.5, 0.6) is 0 Å². The molecule has 0 spiro atoms. The average molecular weight is 337 g/mol. The van der Waals surface area contributed by atoms with E-state index >= 15 is 0 Å². The minimum absolute atomic E-state index is 0.484. The lowest BCUT2D eigenvalue weighted by molar-refractivity contribution is 0.0536. The number of ether oxygens (including phenoxy) is 2. The molecule has 0 radical (unpaired) electrons. The quantitative estimate of drug-likeness (QED) is 0.415. The highest BCUT2D eigenvalue weighted by Crippen LogP contribution is 2.16. The van der Waals surface area contributed by atoms with Gasteiger partial charge in [-0.05, 0) is 18.4 Å². The van der Waals surface area contributed by atoms with E-state index in [0.717, 1.165) is 45.2 Å². The van der Waals surface area contributed by atoms with Gasteiger partial charge in [0.2, 0.25) is 0 Å². The molecule has 0 saturated carbocycles. The fourth-order valence-corrected chi connectivity index (χ4v) is 2.94. The number of guanidine groups is 1. The van der Waals surface area contributed by atoms with Crippen LogP contribution in [-0.2, 0) is 16.0 Å². The fraction of sp³-hybridized carbons (Fsp3) is 0.765. The van der Waals surface area contributed by atoms with E-state index < -0.39 is 0 Å². The molecule has 0 bridgehead atoms. The van der Waals surface area contributed by atoms with Crippen LogP contribution in [0, 0.1) is 11.8 Å². The van der Waals surface area contributed by atoms with Crippen LogP contribution in [0.1, 0.15) is 13.3 Å². The Kier molecular flexibility index (Phi) is 8.04. The first-order chi connectivity index (χ1) is 11.7. The van der Waals surface area contributed by atoms with Crippen molar-refractivity contribution >= 4 is 5.96 Å². The number of rotatable bonds is 9. The van der Waals surface area contributed by atoms with Crippen molar-refractivity contribution in [3.63, 3.8) is 0 Å². The van der Waals surface area contributed by atoms with Gasteiger partial charge in [0.25, 0.3) is 0 Å². The summed E-state index contributed by atoms with van der Waals surface area (Å²) in [4.78, 5) is 6.76. The Morgan fingerprint density at radius 3 is 3.04 bits per heavy atom. The van der Waals surface area contributed by atoms with Crippen molar-refractivity contribution in [3.05, 3.63) is 18.5 Å². The summed E-state index contributed by atoms with van der Waals surface area (Å²) < 4.78 is 12.6. The Hall–Kier alpha value is -1.60. The number of nitrogens with one attached hydrogen (secondary N) is 1. The molecular formula is C17H31N5O2. The lowest BCUT2D eigenvalue weighted by Crippen LogP contribution is -2.42. The molecule has 1 aliphatic heterocycles. The van der Waals surface area contributed by atoms with Gasteiger partial charge in [-0.15, -0.1) is 0 Å². The second-order valence-corrected chi connectivity index (χ2v) is 6.43. The van der Waals surface area contributed by atoms with Crippen molar-refractivity contribution in [2.24, 2.45) is 16.8 Å². The van der Waals surface area contributed by atoms with Crippen molar-refractivity contribution in [2.75, 3.05) is 53.6 Å². The summed E-state index contributed by atoms with van der Waals surface area (Å²) in [7, 11) is 3.55. The molecule has 7 nitrogen and oxygen atoms in total. The van der Waals surface area contributed by atoms with Gasteiger partial charge in [0.15, 0.2) is 5.96 Å². The van der Waals surface area contributed by atoms with Crippen LogP contribution < -0.4 is 5.32 Å². The lowest BCUT2D eigenvalue weighted by atomic mass is 10.1. The van der Waals surface area contributed by atoms with E-state index in [1.807, 2.05) is 30.2 Å². The smallest absolute Gasteiger partial charge is 0.193 e. The topological polar surface area (TPSA) is 63.9 Å². The molecule has 1 aromatic heterocycles. The summed E-state index contributed by atoms with van der Waals surface area (Å²) in [5.74, 6) is 2.04. The highest BCUT2D eigenvalue weighted by molar-refractivity contribution is 5.80. The van der Waals surface area contributed by atoms with Crippen LogP contribution in [0.2, 0.25) is 0 Å². The van der Waals surface area contributed by atoms with Crippen molar-refractivity contribution in [1.29, 1.82) is 0 Å². The monoisotopic (exact) mass is 337 g/mol. The van der Waals surface area contributed by atoms with Gasteiger partial charge in [-0.3, -0.25) is 9.67 Å². The summed E-state index contributed by atoms with van der Waals surface area (Å²) in [6, 6.07) is 1.96. The molecule has 2 rings (SSSR count). The summed E-state index contributed by atoms with van der Waals surface area (Å²) >= 11 is 0. The van der Waals surface area contributed by atoms with E-state index in [9.17, 15) is 0 Å². The van der Waals surface area contributed by atoms with E-state index in [2.05, 4.69) is 27.2 Å². The number of aliphatic imine (C=N–C) groups is 1. The Morgan fingerprint density at radius 1 is 1.46 bits per heavy atom. The van der Waals surface area contributed by atoms with E-state index in [1.54, 1.807) is 7.11 Å².